The number of likely N-dealkylation sites (N-methyl/N-ethyl adjacent to an activating group) is 1. The third-order valence-corrected chi connectivity index (χ3v) is 3.93. The molecule has 0 aromatic heterocycles. The Morgan fingerprint density at radius 3 is 2.57 bits per heavy atom. The van der Waals surface area contributed by atoms with Gasteiger partial charge >= 0.3 is 0 Å². The molecule has 0 saturated heterocycles. The van der Waals surface area contributed by atoms with Gasteiger partial charge in [0.1, 0.15) is 0 Å². The van der Waals surface area contributed by atoms with Gasteiger partial charge in [0.2, 0.25) is 0 Å². The van der Waals surface area contributed by atoms with Crippen LogP contribution in [-0.2, 0) is 6.42 Å². The van der Waals surface area contributed by atoms with Crippen molar-refractivity contribution < 1.29 is 0 Å². The van der Waals surface area contributed by atoms with Gasteiger partial charge in [-0.25, -0.2) is 0 Å². The highest BCUT2D eigenvalue weighted by atomic mass is 32.2. The molecule has 0 amide bonds. The third kappa shape index (κ3) is 2.94. The minimum absolute atomic E-state index is 1.05. The van der Waals surface area contributed by atoms with E-state index < -0.39 is 0 Å². The van der Waals surface area contributed by atoms with Crippen molar-refractivity contribution in [3.63, 3.8) is 0 Å². The predicted octanol–water partition coefficient (Wildman–Crippen LogP) is 2.89. The Labute approximate surface area is 95.1 Å². The first kappa shape index (κ1) is 12.0. The maximum Gasteiger partial charge on any atom is 0.0238 e. The van der Waals surface area contributed by atoms with E-state index in [1.54, 1.807) is 0 Å². The van der Waals surface area contributed by atoms with Gasteiger partial charge in [0.25, 0.3) is 0 Å². The van der Waals surface area contributed by atoms with Crippen LogP contribution in [-0.4, -0.2) is 26.1 Å². The molecule has 0 radical (unpaired) electrons. The Hall–Kier alpha value is -0.120. The average Bonchev–Trinajstić information content (AvgIpc) is 2.25. The summed E-state index contributed by atoms with van der Waals surface area (Å²) in [4.78, 5) is 2.83. The summed E-state index contributed by atoms with van der Waals surface area (Å²) in [7, 11) is 2.00. The van der Waals surface area contributed by atoms with Crippen LogP contribution in [0.4, 0.5) is 0 Å². The summed E-state index contributed by atoms with van der Waals surface area (Å²) in [6.45, 7) is 1.05. The lowest BCUT2D eigenvalue weighted by Gasteiger charge is -2.10. The summed E-state index contributed by atoms with van der Waals surface area (Å²) in [5, 5.41) is 3.19. The first-order chi connectivity index (χ1) is 6.83. The number of hydrogen-bond acceptors (Lipinski definition) is 3. The normalized spacial score (nSPS) is 10.5. The molecule has 0 saturated carbocycles. The van der Waals surface area contributed by atoms with Gasteiger partial charge in [-0.1, -0.05) is 12.1 Å². The lowest BCUT2D eigenvalue weighted by atomic mass is 10.1. The average molecular weight is 227 g/mol. The van der Waals surface area contributed by atoms with E-state index in [-0.39, 0.29) is 0 Å². The summed E-state index contributed by atoms with van der Waals surface area (Å²) < 4.78 is 0. The minimum atomic E-state index is 1.05. The first-order valence-corrected chi connectivity index (χ1v) is 7.13. The van der Waals surface area contributed by atoms with Crippen LogP contribution in [0.5, 0.6) is 0 Å². The lowest BCUT2D eigenvalue weighted by Crippen LogP contribution is -2.10. The van der Waals surface area contributed by atoms with Crippen molar-refractivity contribution in [2.75, 3.05) is 26.1 Å². The Kier molecular flexibility index (Phi) is 5.45. The number of nitrogens with one attached hydrogen (secondary N) is 1. The molecular formula is C11H17NS2. The molecule has 0 aliphatic rings. The standard InChI is InChI=1S/C11H17NS2/c1-12-8-7-9-5-4-6-10(13-2)11(9)14-3/h4-6,12H,7-8H2,1-3H3. The zero-order valence-electron chi connectivity index (χ0n) is 8.96. The van der Waals surface area contributed by atoms with Gasteiger partial charge in [-0.3, -0.25) is 0 Å². The van der Waals surface area contributed by atoms with Gasteiger partial charge in [0.15, 0.2) is 0 Å². The fraction of sp³-hybridized carbons (Fsp3) is 0.455. The van der Waals surface area contributed by atoms with Crippen molar-refractivity contribution in [2.24, 2.45) is 0 Å². The summed E-state index contributed by atoms with van der Waals surface area (Å²) >= 11 is 3.67. The Balaban J connectivity index is 2.90. The van der Waals surface area contributed by atoms with Crippen molar-refractivity contribution in [3.8, 4) is 0 Å². The number of benzene rings is 1. The van der Waals surface area contributed by atoms with Gasteiger partial charge in [-0.05, 0) is 44.2 Å². The predicted molar refractivity (Wildman–Crippen MR) is 67.6 cm³/mol. The van der Waals surface area contributed by atoms with Crippen molar-refractivity contribution >= 4 is 23.5 Å². The molecule has 3 heteroatoms. The van der Waals surface area contributed by atoms with Gasteiger partial charge in [0.05, 0.1) is 0 Å². The maximum absolute atomic E-state index is 3.19. The Bertz CT molecular complexity index is 287. The van der Waals surface area contributed by atoms with Gasteiger partial charge in [-0.2, -0.15) is 0 Å². The lowest BCUT2D eigenvalue weighted by molar-refractivity contribution is 0.780. The smallest absolute Gasteiger partial charge is 0.0238 e. The molecule has 0 spiro atoms. The highest BCUT2D eigenvalue weighted by molar-refractivity contribution is 8.01. The van der Waals surface area contributed by atoms with Crippen LogP contribution in [0.2, 0.25) is 0 Å². The quantitative estimate of drug-likeness (QED) is 0.777. The fourth-order valence-electron chi connectivity index (χ4n) is 1.41. The topological polar surface area (TPSA) is 12.0 Å². The molecule has 78 valence electrons. The molecule has 0 unspecified atom stereocenters. The molecular weight excluding hydrogens is 210 g/mol. The van der Waals surface area contributed by atoms with E-state index in [1.165, 1.54) is 15.4 Å². The van der Waals surface area contributed by atoms with Crippen LogP contribution in [0, 0.1) is 0 Å². The highest BCUT2D eigenvalue weighted by Gasteiger charge is 2.05. The van der Waals surface area contributed by atoms with Crippen molar-refractivity contribution in [1.82, 2.24) is 5.32 Å². The molecule has 1 nitrogen and oxygen atoms in total. The monoisotopic (exact) mass is 227 g/mol. The van der Waals surface area contributed by atoms with Crippen LogP contribution in [0.25, 0.3) is 0 Å². The van der Waals surface area contributed by atoms with Gasteiger partial charge in [-0.15, -0.1) is 23.5 Å². The second kappa shape index (κ2) is 6.38. The zero-order valence-corrected chi connectivity index (χ0v) is 10.6. The number of rotatable bonds is 5. The fourth-order valence-corrected chi connectivity index (χ4v) is 3.14. The summed E-state index contributed by atoms with van der Waals surface area (Å²) in [5.41, 5.74) is 1.46. The minimum Gasteiger partial charge on any atom is -0.319 e. The second-order valence-corrected chi connectivity index (χ2v) is 4.67. The van der Waals surface area contributed by atoms with Crippen molar-refractivity contribution in [3.05, 3.63) is 23.8 Å². The highest BCUT2D eigenvalue weighted by Crippen LogP contribution is 2.31. The Morgan fingerprint density at radius 2 is 2.00 bits per heavy atom. The van der Waals surface area contributed by atoms with E-state index >= 15 is 0 Å². The van der Waals surface area contributed by atoms with E-state index in [0.717, 1.165) is 13.0 Å². The van der Waals surface area contributed by atoms with E-state index in [4.69, 9.17) is 0 Å². The number of hydrogen-bond donors (Lipinski definition) is 1. The first-order valence-electron chi connectivity index (χ1n) is 4.68. The zero-order chi connectivity index (χ0) is 10.4. The van der Waals surface area contributed by atoms with E-state index in [0.29, 0.717) is 0 Å². The largest absolute Gasteiger partial charge is 0.319 e. The van der Waals surface area contributed by atoms with Crippen LogP contribution in [0.1, 0.15) is 5.56 Å². The number of thioether (sulfide) groups is 2. The van der Waals surface area contributed by atoms with E-state index in [9.17, 15) is 0 Å². The van der Waals surface area contributed by atoms with E-state index in [1.807, 2.05) is 30.6 Å². The molecule has 1 aromatic rings. The summed E-state index contributed by atoms with van der Waals surface area (Å²) in [6.07, 6.45) is 5.40. The van der Waals surface area contributed by atoms with Gasteiger partial charge in [0, 0.05) is 9.79 Å². The molecule has 0 aliphatic carbocycles. The third-order valence-electron chi connectivity index (χ3n) is 2.13. The molecule has 1 N–H and O–H groups in total. The molecule has 0 fully saturated rings. The summed E-state index contributed by atoms with van der Waals surface area (Å²) in [6, 6.07) is 6.57. The maximum atomic E-state index is 3.19. The Morgan fingerprint density at radius 1 is 1.21 bits per heavy atom. The molecule has 0 atom stereocenters. The van der Waals surface area contributed by atoms with Gasteiger partial charge < -0.3 is 5.32 Å². The molecule has 0 aliphatic heterocycles. The molecule has 14 heavy (non-hydrogen) atoms. The molecule has 0 bridgehead atoms. The molecule has 0 heterocycles. The van der Waals surface area contributed by atoms with Crippen LogP contribution in [0.15, 0.2) is 28.0 Å². The van der Waals surface area contributed by atoms with Crippen LogP contribution >= 0.6 is 23.5 Å². The van der Waals surface area contributed by atoms with Crippen molar-refractivity contribution in [1.29, 1.82) is 0 Å². The van der Waals surface area contributed by atoms with Crippen LogP contribution < -0.4 is 5.32 Å². The van der Waals surface area contributed by atoms with E-state index in [2.05, 4.69) is 36.0 Å². The van der Waals surface area contributed by atoms with Crippen LogP contribution in [0.3, 0.4) is 0 Å². The SMILES string of the molecule is CNCCc1cccc(SC)c1SC. The molecule has 1 rings (SSSR count). The van der Waals surface area contributed by atoms with Crippen molar-refractivity contribution in [2.45, 2.75) is 16.2 Å². The second-order valence-electron chi connectivity index (χ2n) is 3.01. The summed E-state index contributed by atoms with van der Waals surface area (Å²) in [5.74, 6) is 0. The molecule has 1 aromatic carbocycles.